The summed E-state index contributed by atoms with van der Waals surface area (Å²) in [5, 5.41) is 8.86. The van der Waals surface area contributed by atoms with Gasteiger partial charge in [0, 0.05) is 13.7 Å². The number of hydrogen-bond acceptors (Lipinski definition) is 4. The van der Waals surface area contributed by atoms with Gasteiger partial charge in [0.15, 0.2) is 6.10 Å². The molecule has 116 valence electrons. The van der Waals surface area contributed by atoms with Crippen LogP contribution in [-0.4, -0.2) is 54.8 Å². The van der Waals surface area contributed by atoms with E-state index >= 15 is 0 Å². The van der Waals surface area contributed by atoms with Crippen LogP contribution in [0.4, 0.5) is 0 Å². The fraction of sp³-hybridized carbons (Fsp3) is 0.467. The van der Waals surface area contributed by atoms with Gasteiger partial charge in [-0.15, -0.1) is 0 Å². The van der Waals surface area contributed by atoms with E-state index in [1.807, 2.05) is 19.1 Å². The number of aliphatic carboxylic acids is 1. The highest BCUT2D eigenvalue weighted by Gasteiger charge is 2.23. The zero-order chi connectivity index (χ0) is 15.8. The molecule has 6 heteroatoms. The van der Waals surface area contributed by atoms with Gasteiger partial charge >= 0.3 is 5.97 Å². The van der Waals surface area contributed by atoms with Crippen molar-refractivity contribution in [3.05, 3.63) is 29.8 Å². The van der Waals surface area contributed by atoms with Gasteiger partial charge < -0.3 is 19.5 Å². The normalized spacial score (nSPS) is 11.8. The second-order valence-electron chi connectivity index (χ2n) is 4.72. The lowest BCUT2D eigenvalue weighted by molar-refractivity contribution is -0.148. The summed E-state index contributed by atoms with van der Waals surface area (Å²) in [4.78, 5) is 24.3. The molecule has 1 unspecified atom stereocenters. The Morgan fingerprint density at radius 1 is 1.29 bits per heavy atom. The molecule has 1 atom stereocenters. The average Bonchev–Trinajstić information content (AvgIpc) is 2.44. The molecule has 0 saturated carbocycles. The number of hydrogen-bond donors (Lipinski definition) is 1. The van der Waals surface area contributed by atoms with Gasteiger partial charge in [-0.05, 0) is 26.0 Å². The summed E-state index contributed by atoms with van der Waals surface area (Å²) >= 11 is 0. The van der Waals surface area contributed by atoms with Crippen molar-refractivity contribution in [2.75, 3.05) is 26.8 Å². The number of rotatable bonds is 8. The fourth-order valence-corrected chi connectivity index (χ4v) is 1.76. The maximum atomic E-state index is 12.2. The number of aryl methyl sites for hydroxylation is 1. The van der Waals surface area contributed by atoms with Crippen molar-refractivity contribution in [1.82, 2.24) is 4.90 Å². The van der Waals surface area contributed by atoms with E-state index in [1.54, 1.807) is 19.1 Å². The molecule has 6 nitrogen and oxygen atoms in total. The summed E-state index contributed by atoms with van der Waals surface area (Å²) in [6.45, 7) is 3.67. The van der Waals surface area contributed by atoms with Gasteiger partial charge in [0.1, 0.15) is 12.3 Å². The Balaban J connectivity index is 2.67. The van der Waals surface area contributed by atoms with Crippen molar-refractivity contribution in [1.29, 1.82) is 0 Å². The predicted octanol–water partition coefficient (Wildman–Crippen LogP) is 1.32. The number of carbonyl (C=O) groups excluding carboxylic acids is 1. The molecule has 0 spiro atoms. The number of ether oxygens (including phenoxy) is 2. The van der Waals surface area contributed by atoms with Crippen LogP contribution in [0.15, 0.2) is 24.3 Å². The lowest BCUT2D eigenvalue weighted by Crippen LogP contribution is -2.44. The molecule has 0 aliphatic carbocycles. The second-order valence-corrected chi connectivity index (χ2v) is 4.72. The first kappa shape index (κ1) is 17.0. The molecule has 1 amide bonds. The van der Waals surface area contributed by atoms with Gasteiger partial charge in [-0.25, -0.2) is 0 Å². The third-order valence-corrected chi connectivity index (χ3v) is 2.88. The fourth-order valence-electron chi connectivity index (χ4n) is 1.76. The minimum Gasteiger partial charge on any atom is -0.481 e. The smallest absolute Gasteiger partial charge is 0.323 e. The molecule has 0 radical (unpaired) electrons. The Hall–Kier alpha value is -2.08. The van der Waals surface area contributed by atoms with Crippen molar-refractivity contribution in [3.8, 4) is 5.75 Å². The van der Waals surface area contributed by atoms with E-state index in [0.717, 1.165) is 5.56 Å². The van der Waals surface area contributed by atoms with Crippen molar-refractivity contribution < 1.29 is 24.2 Å². The van der Waals surface area contributed by atoms with Crippen LogP contribution in [0, 0.1) is 6.92 Å². The molecule has 0 heterocycles. The maximum Gasteiger partial charge on any atom is 0.323 e. The summed E-state index contributed by atoms with van der Waals surface area (Å²) < 4.78 is 10.4. The Morgan fingerprint density at radius 3 is 2.43 bits per heavy atom. The summed E-state index contributed by atoms with van der Waals surface area (Å²) in [7, 11) is 1.50. The predicted molar refractivity (Wildman–Crippen MR) is 77.4 cm³/mol. The number of amides is 1. The Morgan fingerprint density at radius 2 is 1.90 bits per heavy atom. The van der Waals surface area contributed by atoms with Crippen molar-refractivity contribution in [3.63, 3.8) is 0 Å². The van der Waals surface area contributed by atoms with E-state index in [1.165, 1.54) is 12.0 Å². The van der Waals surface area contributed by atoms with Crippen LogP contribution < -0.4 is 4.74 Å². The highest BCUT2D eigenvalue weighted by Crippen LogP contribution is 2.14. The van der Waals surface area contributed by atoms with Crippen LogP contribution in [0.5, 0.6) is 5.75 Å². The largest absolute Gasteiger partial charge is 0.481 e. The third kappa shape index (κ3) is 5.83. The molecule has 0 saturated heterocycles. The first-order chi connectivity index (χ1) is 9.93. The molecular weight excluding hydrogens is 274 g/mol. The minimum absolute atomic E-state index is 0.212. The summed E-state index contributed by atoms with van der Waals surface area (Å²) in [5.74, 6) is -0.875. The van der Waals surface area contributed by atoms with Gasteiger partial charge in [0.25, 0.3) is 5.91 Å². The van der Waals surface area contributed by atoms with Crippen molar-refractivity contribution in [2.24, 2.45) is 0 Å². The summed E-state index contributed by atoms with van der Waals surface area (Å²) in [6, 6.07) is 7.31. The molecule has 1 rings (SSSR count). The van der Waals surface area contributed by atoms with Crippen molar-refractivity contribution in [2.45, 2.75) is 20.0 Å². The number of benzene rings is 1. The van der Waals surface area contributed by atoms with Gasteiger partial charge in [0.05, 0.1) is 6.61 Å². The van der Waals surface area contributed by atoms with Crippen LogP contribution in [0.25, 0.3) is 0 Å². The number of methoxy groups -OCH3 is 1. The Bertz CT molecular complexity index is 471. The van der Waals surface area contributed by atoms with Crippen LogP contribution in [-0.2, 0) is 14.3 Å². The van der Waals surface area contributed by atoms with E-state index in [9.17, 15) is 9.59 Å². The van der Waals surface area contributed by atoms with Crippen LogP contribution in [0.3, 0.4) is 0 Å². The molecule has 0 fully saturated rings. The van der Waals surface area contributed by atoms with Gasteiger partial charge in [0.2, 0.25) is 0 Å². The SMILES string of the molecule is COCCN(CC(=O)O)C(=O)C(C)Oc1ccc(C)cc1. The molecule has 0 aliphatic rings. The molecule has 1 aromatic rings. The van der Waals surface area contributed by atoms with E-state index in [4.69, 9.17) is 14.6 Å². The summed E-state index contributed by atoms with van der Waals surface area (Å²) in [6.07, 6.45) is -0.760. The Labute approximate surface area is 124 Å². The zero-order valence-electron chi connectivity index (χ0n) is 12.5. The molecule has 0 aliphatic heterocycles. The van der Waals surface area contributed by atoms with Crippen LogP contribution in [0.1, 0.15) is 12.5 Å². The molecule has 21 heavy (non-hydrogen) atoms. The van der Waals surface area contributed by atoms with Crippen LogP contribution >= 0.6 is 0 Å². The summed E-state index contributed by atoms with van der Waals surface area (Å²) in [5.41, 5.74) is 1.09. The first-order valence-corrected chi connectivity index (χ1v) is 6.67. The molecule has 1 aromatic carbocycles. The molecule has 0 bridgehead atoms. The average molecular weight is 295 g/mol. The Kier molecular flexibility index (Phi) is 6.68. The van der Waals surface area contributed by atoms with Gasteiger partial charge in [-0.3, -0.25) is 9.59 Å². The van der Waals surface area contributed by atoms with Crippen molar-refractivity contribution >= 4 is 11.9 Å². The van der Waals surface area contributed by atoms with E-state index < -0.39 is 12.1 Å². The van der Waals surface area contributed by atoms with E-state index in [0.29, 0.717) is 5.75 Å². The first-order valence-electron chi connectivity index (χ1n) is 6.67. The highest BCUT2D eigenvalue weighted by molar-refractivity contribution is 5.84. The van der Waals surface area contributed by atoms with E-state index in [2.05, 4.69) is 0 Å². The maximum absolute atomic E-state index is 12.2. The number of carboxylic acids is 1. The number of carboxylic acid groups (broad SMARTS) is 1. The lowest BCUT2D eigenvalue weighted by Gasteiger charge is -2.24. The minimum atomic E-state index is -1.07. The zero-order valence-corrected chi connectivity index (χ0v) is 12.5. The number of carbonyl (C=O) groups is 2. The second kappa shape index (κ2) is 8.26. The molecule has 1 N–H and O–H groups in total. The topological polar surface area (TPSA) is 76.1 Å². The standard InChI is InChI=1S/C15H21NO5/c1-11-4-6-13(7-5-11)21-12(2)15(19)16(8-9-20-3)10-14(17)18/h4-7,12H,8-10H2,1-3H3,(H,17,18). The van der Waals surface area contributed by atoms with E-state index in [-0.39, 0.29) is 25.6 Å². The molecular formula is C15H21NO5. The monoisotopic (exact) mass is 295 g/mol. The van der Waals surface area contributed by atoms with Crippen LogP contribution in [0.2, 0.25) is 0 Å². The van der Waals surface area contributed by atoms with Gasteiger partial charge in [-0.2, -0.15) is 0 Å². The number of nitrogens with zero attached hydrogens (tertiary/aromatic N) is 1. The molecule has 0 aromatic heterocycles. The lowest BCUT2D eigenvalue weighted by atomic mass is 10.2. The van der Waals surface area contributed by atoms with Gasteiger partial charge in [-0.1, -0.05) is 17.7 Å². The third-order valence-electron chi connectivity index (χ3n) is 2.88. The highest BCUT2D eigenvalue weighted by atomic mass is 16.5. The quantitative estimate of drug-likeness (QED) is 0.783.